The Labute approximate surface area is 110 Å². The fourth-order valence-electron chi connectivity index (χ4n) is 1.35. The van der Waals surface area contributed by atoms with E-state index in [0.29, 0.717) is 6.07 Å². The maximum atomic E-state index is 12.3. The Morgan fingerprint density at radius 1 is 1.25 bits per heavy atom. The van der Waals surface area contributed by atoms with Crippen LogP contribution in [0, 0.1) is 0 Å². The normalized spacial score (nSPS) is 11.1. The summed E-state index contributed by atoms with van der Waals surface area (Å²) in [4.78, 5) is 21.4. The minimum Gasteiger partial charge on any atom is -0.482 e. The zero-order valence-electron chi connectivity index (χ0n) is 9.72. The van der Waals surface area contributed by atoms with Crippen molar-refractivity contribution in [2.24, 2.45) is 0 Å². The highest BCUT2D eigenvalue weighted by Gasteiger charge is 2.41. The number of ketones is 1. The molecule has 0 aliphatic rings. The van der Waals surface area contributed by atoms with Crippen molar-refractivity contribution in [3.8, 4) is 5.75 Å². The summed E-state index contributed by atoms with van der Waals surface area (Å²) in [5.41, 5.74) is -1.68. The van der Waals surface area contributed by atoms with Gasteiger partial charge in [0.2, 0.25) is 0 Å². The van der Waals surface area contributed by atoms with E-state index in [1.54, 1.807) is 0 Å². The number of aliphatic carboxylic acids is 1. The van der Waals surface area contributed by atoms with E-state index in [0.717, 1.165) is 12.1 Å². The molecule has 0 fully saturated rings. The summed E-state index contributed by atoms with van der Waals surface area (Å²) in [5, 5.41) is 26.3. The van der Waals surface area contributed by atoms with Gasteiger partial charge >= 0.3 is 19.3 Å². The van der Waals surface area contributed by atoms with Crippen LogP contribution in [0.25, 0.3) is 0 Å². The SMILES string of the molecule is O=C(O)COc1ccc(C(=O)C(F)(F)F)c(B(O)O)c1. The van der Waals surface area contributed by atoms with Crippen molar-refractivity contribution in [3.05, 3.63) is 23.8 Å². The second kappa shape index (κ2) is 5.93. The lowest BCUT2D eigenvalue weighted by atomic mass is 9.76. The second-order valence-electron chi connectivity index (χ2n) is 3.63. The van der Waals surface area contributed by atoms with E-state index in [1.807, 2.05) is 0 Å². The van der Waals surface area contributed by atoms with E-state index in [4.69, 9.17) is 15.2 Å². The molecule has 108 valence electrons. The standard InChI is InChI=1S/C10H8BF3O6/c12-10(13,14)9(17)6-2-1-5(20-4-8(15)16)3-7(6)11(18)19/h1-3,18-19H,4H2,(H,15,16). The van der Waals surface area contributed by atoms with Gasteiger partial charge in [-0.25, -0.2) is 4.79 Å². The molecule has 0 radical (unpaired) electrons. The van der Waals surface area contributed by atoms with Gasteiger partial charge < -0.3 is 19.9 Å². The van der Waals surface area contributed by atoms with Gasteiger partial charge in [-0.1, -0.05) is 0 Å². The van der Waals surface area contributed by atoms with Crippen molar-refractivity contribution >= 4 is 24.3 Å². The molecule has 0 bridgehead atoms. The van der Waals surface area contributed by atoms with E-state index in [9.17, 15) is 22.8 Å². The number of carboxylic acids is 1. The summed E-state index contributed by atoms with van der Waals surface area (Å²) < 4.78 is 41.6. The third kappa shape index (κ3) is 3.97. The predicted octanol–water partition coefficient (Wildman–Crippen LogP) is -0.425. The van der Waals surface area contributed by atoms with E-state index >= 15 is 0 Å². The maximum absolute atomic E-state index is 12.3. The highest BCUT2D eigenvalue weighted by atomic mass is 19.4. The van der Waals surface area contributed by atoms with Gasteiger partial charge in [0.25, 0.3) is 5.78 Å². The van der Waals surface area contributed by atoms with Crippen LogP contribution in [0.2, 0.25) is 0 Å². The van der Waals surface area contributed by atoms with Gasteiger partial charge in [-0.05, 0) is 23.7 Å². The number of carbonyl (C=O) groups is 2. The topological polar surface area (TPSA) is 104 Å². The van der Waals surface area contributed by atoms with E-state index in [1.165, 1.54) is 0 Å². The minimum atomic E-state index is -5.17. The average Bonchev–Trinajstić information content (AvgIpc) is 2.33. The van der Waals surface area contributed by atoms with Crippen molar-refractivity contribution in [2.75, 3.05) is 6.61 Å². The number of hydrogen-bond acceptors (Lipinski definition) is 5. The Kier molecular flexibility index (Phi) is 4.74. The molecule has 0 unspecified atom stereocenters. The highest BCUT2D eigenvalue weighted by Crippen LogP contribution is 2.22. The summed E-state index contributed by atoms with van der Waals surface area (Å²) in [6, 6.07) is 2.36. The molecule has 1 rings (SSSR count). The fourth-order valence-corrected chi connectivity index (χ4v) is 1.35. The largest absolute Gasteiger partial charge is 0.489 e. The van der Waals surface area contributed by atoms with Crippen molar-refractivity contribution in [1.29, 1.82) is 0 Å². The van der Waals surface area contributed by atoms with Gasteiger partial charge in [0.05, 0.1) is 0 Å². The summed E-state index contributed by atoms with van der Waals surface area (Å²) >= 11 is 0. The van der Waals surface area contributed by atoms with Crippen molar-refractivity contribution in [1.82, 2.24) is 0 Å². The number of Topliss-reactive ketones (excluding diaryl/α,β-unsaturated/α-hetero) is 1. The number of rotatable bonds is 5. The van der Waals surface area contributed by atoms with Crippen LogP contribution >= 0.6 is 0 Å². The summed E-state index contributed by atoms with van der Waals surface area (Å²) in [6.07, 6.45) is -5.17. The number of ether oxygens (including phenoxy) is 1. The van der Waals surface area contributed by atoms with Gasteiger partial charge in [-0.3, -0.25) is 4.79 Å². The van der Waals surface area contributed by atoms with Crippen LogP contribution in [0.1, 0.15) is 10.4 Å². The van der Waals surface area contributed by atoms with Crippen LogP contribution in [0.3, 0.4) is 0 Å². The molecule has 0 atom stereocenters. The smallest absolute Gasteiger partial charge is 0.482 e. The van der Waals surface area contributed by atoms with Crippen LogP contribution in [0.15, 0.2) is 18.2 Å². The summed E-state index contributed by atoms with van der Waals surface area (Å²) in [7, 11) is -2.34. The molecule has 0 saturated heterocycles. The summed E-state index contributed by atoms with van der Waals surface area (Å²) in [6.45, 7) is -0.770. The predicted molar refractivity (Wildman–Crippen MR) is 59.8 cm³/mol. The molecule has 0 aliphatic heterocycles. The quantitative estimate of drug-likeness (QED) is 0.503. The first-order valence-electron chi connectivity index (χ1n) is 5.09. The lowest BCUT2D eigenvalue weighted by molar-refractivity contribution is -0.139. The van der Waals surface area contributed by atoms with Crippen molar-refractivity contribution < 1.29 is 42.7 Å². The van der Waals surface area contributed by atoms with Crippen molar-refractivity contribution in [2.45, 2.75) is 6.18 Å². The first-order valence-corrected chi connectivity index (χ1v) is 5.09. The van der Waals surface area contributed by atoms with Gasteiger partial charge in [-0.2, -0.15) is 13.2 Å². The average molecular weight is 292 g/mol. The Hall–Kier alpha value is -2.07. The van der Waals surface area contributed by atoms with Gasteiger partial charge in [0, 0.05) is 5.56 Å². The van der Waals surface area contributed by atoms with Gasteiger partial charge in [0.1, 0.15) is 5.75 Å². The first-order chi connectivity index (χ1) is 9.12. The molecule has 6 nitrogen and oxygen atoms in total. The third-order valence-electron chi connectivity index (χ3n) is 2.17. The molecule has 0 amide bonds. The molecule has 0 aromatic heterocycles. The Balaban J connectivity index is 3.15. The Morgan fingerprint density at radius 2 is 1.85 bits per heavy atom. The first kappa shape index (κ1) is 16.0. The molecule has 0 aliphatic carbocycles. The highest BCUT2D eigenvalue weighted by molar-refractivity contribution is 6.60. The molecular formula is C10H8BF3O6. The number of alkyl halides is 3. The lowest BCUT2D eigenvalue weighted by Crippen LogP contribution is -2.38. The number of halogens is 3. The Morgan fingerprint density at radius 3 is 2.30 bits per heavy atom. The molecule has 3 N–H and O–H groups in total. The number of benzene rings is 1. The van der Waals surface area contributed by atoms with Gasteiger partial charge in [-0.15, -0.1) is 0 Å². The van der Waals surface area contributed by atoms with Crippen LogP contribution < -0.4 is 10.2 Å². The van der Waals surface area contributed by atoms with Crippen molar-refractivity contribution in [3.63, 3.8) is 0 Å². The van der Waals surface area contributed by atoms with Crippen LogP contribution in [0.4, 0.5) is 13.2 Å². The molecule has 1 aromatic rings. The van der Waals surface area contributed by atoms with Crippen LogP contribution in [0.5, 0.6) is 5.75 Å². The number of hydrogen-bond donors (Lipinski definition) is 3. The molecular weight excluding hydrogens is 284 g/mol. The second-order valence-corrected chi connectivity index (χ2v) is 3.63. The zero-order chi connectivity index (χ0) is 15.5. The maximum Gasteiger partial charge on any atom is 0.489 e. The Bertz CT molecular complexity index is 528. The van der Waals surface area contributed by atoms with E-state index < -0.39 is 42.7 Å². The molecule has 10 heteroatoms. The molecule has 0 spiro atoms. The number of carbonyl (C=O) groups excluding carboxylic acids is 1. The number of carboxylic acid groups (broad SMARTS) is 1. The minimum absolute atomic E-state index is 0.214. The lowest BCUT2D eigenvalue weighted by Gasteiger charge is -2.12. The monoisotopic (exact) mass is 292 g/mol. The fraction of sp³-hybridized carbons (Fsp3) is 0.200. The van der Waals surface area contributed by atoms with E-state index in [-0.39, 0.29) is 5.75 Å². The van der Waals surface area contributed by atoms with Crippen LogP contribution in [-0.2, 0) is 4.79 Å². The van der Waals surface area contributed by atoms with Crippen LogP contribution in [-0.4, -0.2) is 46.8 Å². The summed E-state index contributed by atoms with van der Waals surface area (Å²) in [5.74, 6) is -3.79. The van der Waals surface area contributed by atoms with Gasteiger partial charge in [0.15, 0.2) is 6.61 Å². The molecule has 1 aromatic carbocycles. The zero-order valence-corrected chi connectivity index (χ0v) is 9.72. The van der Waals surface area contributed by atoms with E-state index in [2.05, 4.69) is 4.74 Å². The molecule has 20 heavy (non-hydrogen) atoms. The molecule has 0 saturated carbocycles. The third-order valence-corrected chi connectivity index (χ3v) is 2.17. The molecule has 0 heterocycles.